The highest BCUT2D eigenvalue weighted by Gasteiger charge is 2.50. The molecule has 4 nitrogen and oxygen atoms in total. The van der Waals surface area contributed by atoms with E-state index in [4.69, 9.17) is 0 Å². The molecule has 1 N–H and O–H groups in total. The minimum Gasteiger partial charge on any atom is -0.375 e. The molecule has 31 heavy (non-hydrogen) atoms. The Morgan fingerprint density at radius 2 is 1.55 bits per heavy atom. The molecule has 0 saturated carbocycles. The number of hydrogen-bond acceptors (Lipinski definition) is 3. The Hall–Kier alpha value is -3.24. The molecule has 0 fully saturated rings. The van der Waals surface area contributed by atoms with Crippen molar-refractivity contribution in [1.82, 2.24) is 0 Å². The van der Waals surface area contributed by atoms with Crippen molar-refractivity contribution in [3.05, 3.63) is 99.6 Å². The van der Waals surface area contributed by atoms with E-state index in [-0.39, 0.29) is 12.2 Å². The van der Waals surface area contributed by atoms with E-state index in [1.165, 1.54) is 0 Å². The summed E-state index contributed by atoms with van der Waals surface area (Å²) in [5.41, 5.74) is 4.98. The third-order valence-electron chi connectivity index (χ3n) is 6.16. The average Bonchev–Trinajstić information content (AvgIpc) is 2.92. The van der Waals surface area contributed by atoms with Gasteiger partial charge in [-0.3, -0.25) is 9.59 Å². The fourth-order valence-electron chi connectivity index (χ4n) is 4.48. The number of aryl methyl sites for hydroxylation is 4. The molecule has 4 heteroatoms. The molecule has 3 aromatic carbocycles. The highest BCUT2D eigenvalue weighted by atomic mass is 16.3. The number of aliphatic hydroxyl groups is 1. The van der Waals surface area contributed by atoms with Crippen LogP contribution in [0.3, 0.4) is 0 Å². The van der Waals surface area contributed by atoms with Crippen LogP contribution in [0.25, 0.3) is 0 Å². The van der Waals surface area contributed by atoms with Crippen LogP contribution in [0.15, 0.2) is 60.7 Å². The number of ketones is 1. The number of Topliss-reactive ketones (excluding diaryl/α,β-unsaturated/α-hetero) is 1. The van der Waals surface area contributed by atoms with E-state index in [1.54, 1.807) is 23.1 Å². The van der Waals surface area contributed by atoms with E-state index >= 15 is 0 Å². The third kappa shape index (κ3) is 3.68. The van der Waals surface area contributed by atoms with E-state index in [1.807, 2.05) is 64.1 Å². The van der Waals surface area contributed by atoms with Gasteiger partial charge in [0.05, 0.1) is 18.7 Å². The average molecular weight is 414 g/mol. The number of carbonyl (C=O) groups is 2. The van der Waals surface area contributed by atoms with Gasteiger partial charge in [0.2, 0.25) is 0 Å². The number of benzene rings is 3. The SMILES string of the molecule is Cc1ccc(CN2C(=O)C(O)(CC(=O)c3ccc(C)cc3C)c3ccccc32)c(C)c1. The lowest BCUT2D eigenvalue weighted by atomic mass is 9.87. The molecule has 4 rings (SSSR count). The summed E-state index contributed by atoms with van der Waals surface area (Å²) >= 11 is 0. The fourth-order valence-corrected chi connectivity index (χ4v) is 4.48. The second-order valence-corrected chi connectivity index (χ2v) is 8.62. The lowest BCUT2D eigenvalue weighted by Crippen LogP contribution is -2.41. The number of rotatable bonds is 5. The van der Waals surface area contributed by atoms with Crippen LogP contribution >= 0.6 is 0 Å². The Labute approximate surface area is 183 Å². The highest BCUT2D eigenvalue weighted by molar-refractivity contribution is 6.11. The summed E-state index contributed by atoms with van der Waals surface area (Å²) < 4.78 is 0. The first-order valence-corrected chi connectivity index (χ1v) is 10.5. The predicted octanol–water partition coefficient (Wildman–Crippen LogP) is 4.93. The van der Waals surface area contributed by atoms with Crippen molar-refractivity contribution < 1.29 is 14.7 Å². The maximum atomic E-state index is 13.5. The molecule has 0 radical (unpaired) electrons. The first-order valence-electron chi connectivity index (χ1n) is 10.5. The first-order chi connectivity index (χ1) is 14.7. The summed E-state index contributed by atoms with van der Waals surface area (Å²) in [5, 5.41) is 11.5. The van der Waals surface area contributed by atoms with Gasteiger partial charge in [-0.1, -0.05) is 65.7 Å². The van der Waals surface area contributed by atoms with Crippen molar-refractivity contribution in [1.29, 1.82) is 0 Å². The normalized spacial score (nSPS) is 17.7. The number of amides is 1. The second-order valence-electron chi connectivity index (χ2n) is 8.62. The highest BCUT2D eigenvalue weighted by Crippen LogP contribution is 2.43. The molecule has 1 atom stereocenters. The van der Waals surface area contributed by atoms with Crippen LogP contribution in [0.2, 0.25) is 0 Å². The van der Waals surface area contributed by atoms with Crippen molar-refractivity contribution in [3.8, 4) is 0 Å². The van der Waals surface area contributed by atoms with Crippen LogP contribution in [0, 0.1) is 27.7 Å². The first kappa shape index (κ1) is 21.0. The van der Waals surface area contributed by atoms with E-state index in [9.17, 15) is 14.7 Å². The summed E-state index contributed by atoms with van der Waals surface area (Å²) in [6, 6.07) is 18.9. The van der Waals surface area contributed by atoms with Gasteiger partial charge < -0.3 is 10.0 Å². The van der Waals surface area contributed by atoms with E-state index in [0.717, 1.165) is 27.8 Å². The molecule has 1 aliphatic heterocycles. The van der Waals surface area contributed by atoms with E-state index < -0.39 is 11.5 Å². The van der Waals surface area contributed by atoms with Gasteiger partial charge >= 0.3 is 0 Å². The molecule has 1 amide bonds. The maximum absolute atomic E-state index is 13.5. The van der Waals surface area contributed by atoms with Crippen LogP contribution < -0.4 is 4.90 Å². The molecule has 0 saturated heterocycles. The van der Waals surface area contributed by atoms with Crippen LogP contribution in [0.1, 0.15) is 50.2 Å². The van der Waals surface area contributed by atoms with Crippen LogP contribution in [-0.4, -0.2) is 16.8 Å². The van der Waals surface area contributed by atoms with Crippen LogP contribution in [0.5, 0.6) is 0 Å². The Kier molecular flexibility index (Phi) is 5.28. The summed E-state index contributed by atoms with van der Waals surface area (Å²) in [6.07, 6.45) is -0.282. The third-order valence-corrected chi connectivity index (χ3v) is 6.16. The Morgan fingerprint density at radius 3 is 2.23 bits per heavy atom. The van der Waals surface area contributed by atoms with Gasteiger partial charge in [-0.2, -0.15) is 0 Å². The lowest BCUT2D eigenvalue weighted by Gasteiger charge is -2.23. The van der Waals surface area contributed by atoms with Crippen molar-refractivity contribution in [3.63, 3.8) is 0 Å². The van der Waals surface area contributed by atoms with Gasteiger partial charge in [-0.05, 0) is 50.5 Å². The number of nitrogens with zero attached hydrogens (tertiary/aromatic N) is 1. The fraction of sp³-hybridized carbons (Fsp3) is 0.259. The summed E-state index contributed by atoms with van der Waals surface area (Å²) in [5.74, 6) is -0.691. The minimum atomic E-state index is -1.87. The Bertz CT molecular complexity index is 1200. The molecular formula is C27H27NO3. The quantitative estimate of drug-likeness (QED) is 0.604. The zero-order valence-corrected chi connectivity index (χ0v) is 18.4. The number of hydrogen-bond donors (Lipinski definition) is 1. The van der Waals surface area contributed by atoms with Gasteiger partial charge in [0.25, 0.3) is 5.91 Å². The molecular weight excluding hydrogens is 386 g/mol. The molecule has 0 aliphatic carbocycles. The Morgan fingerprint density at radius 1 is 0.903 bits per heavy atom. The van der Waals surface area contributed by atoms with Crippen LogP contribution in [-0.2, 0) is 16.9 Å². The molecule has 158 valence electrons. The zero-order chi connectivity index (χ0) is 22.3. The van der Waals surface area contributed by atoms with E-state index in [2.05, 4.69) is 6.07 Å². The standard InChI is InChI=1S/C27H27NO3/c1-17-9-11-21(19(3)13-17)16-28-24-8-6-5-7-23(24)27(31,26(28)30)15-25(29)22-12-10-18(2)14-20(22)4/h5-14,31H,15-16H2,1-4H3. The van der Waals surface area contributed by atoms with Gasteiger partial charge in [0.15, 0.2) is 11.4 Å². The van der Waals surface area contributed by atoms with Gasteiger partial charge in [-0.25, -0.2) is 0 Å². The summed E-state index contributed by atoms with van der Waals surface area (Å²) in [7, 11) is 0. The zero-order valence-electron chi connectivity index (χ0n) is 18.4. The summed E-state index contributed by atoms with van der Waals surface area (Å²) in [4.78, 5) is 28.2. The molecule has 0 aromatic heterocycles. The van der Waals surface area contributed by atoms with Crippen molar-refractivity contribution >= 4 is 17.4 Å². The largest absolute Gasteiger partial charge is 0.375 e. The van der Waals surface area contributed by atoms with Crippen molar-refractivity contribution in [2.45, 2.75) is 46.3 Å². The van der Waals surface area contributed by atoms with Gasteiger partial charge in [0.1, 0.15) is 0 Å². The topological polar surface area (TPSA) is 57.6 Å². The van der Waals surface area contributed by atoms with Gasteiger partial charge in [-0.15, -0.1) is 0 Å². The summed E-state index contributed by atoms with van der Waals surface area (Å²) in [6.45, 7) is 8.24. The van der Waals surface area contributed by atoms with Crippen molar-refractivity contribution in [2.24, 2.45) is 0 Å². The molecule has 1 heterocycles. The molecule has 0 bridgehead atoms. The Balaban J connectivity index is 1.70. The number of para-hydroxylation sites is 1. The maximum Gasteiger partial charge on any atom is 0.264 e. The predicted molar refractivity (Wildman–Crippen MR) is 122 cm³/mol. The monoisotopic (exact) mass is 413 g/mol. The van der Waals surface area contributed by atoms with Crippen LogP contribution in [0.4, 0.5) is 5.69 Å². The minimum absolute atomic E-state index is 0.239. The molecule has 1 unspecified atom stereocenters. The second kappa shape index (κ2) is 7.78. The number of fused-ring (bicyclic) bond motifs is 1. The number of carbonyl (C=O) groups excluding carboxylic acids is 2. The van der Waals surface area contributed by atoms with E-state index in [0.29, 0.717) is 23.4 Å². The molecule has 3 aromatic rings. The lowest BCUT2D eigenvalue weighted by molar-refractivity contribution is -0.136. The molecule has 0 spiro atoms. The van der Waals surface area contributed by atoms with Crippen molar-refractivity contribution in [2.75, 3.05) is 4.90 Å². The van der Waals surface area contributed by atoms with Gasteiger partial charge in [0, 0.05) is 11.1 Å². The smallest absolute Gasteiger partial charge is 0.264 e. The number of anilines is 1. The molecule has 1 aliphatic rings.